The smallest absolute Gasteiger partial charge is 0.318 e. The molecule has 0 saturated heterocycles. The molecule has 0 aliphatic heterocycles. The molecule has 0 amide bonds. The minimum atomic E-state index is -3.91. The Bertz CT molecular complexity index is 593. The van der Waals surface area contributed by atoms with Gasteiger partial charge >= 0.3 is 5.97 Å². The minimum absolute atomic E-state index is 0.143. The maximum absolute atomic E-state index is 12.3. The van der Waals surface area contributed by atoms with Crippen molar-refractivity contribution in [1.82, 2.24) is 8.61 Å². The highest BCUT2D eigenvalue weighted by atomic mass is 32.2. The molecule has 0 saturated carbocycles. The lowest BCUT2D eigenvalue weighted by Gasteiger charge is -2.24. The molecule has 20 heavy (non-hydrogen) atoms. The number of rotatable bonds is 7. The molecule has 0 unspecified atom stereocenters. The van der Waals surface area contributed by atoms with Crippen molar-refractivity contribution >= 4 is 16.2 Å². The van der Waals surface area contributed by atoms with Crippen molar-refractivity contribution in [2.45, 2.75) is 6.54 Å². The SMILES string of the molecule is C#CCN(CC(=O)O)S(=O)(=O)N(C)Cc1ccccc1. The number of terminal acetylenes is 1. The zero-order valence-corrected chi connectivity index (χ0v) is 11.9. The van der Waals surface area contributed by atoms with Crippen LogP contribution in [0.3, 0.4) is 0 Å². The van der Waals surface area contributed by atoms with Gasteiger partial charge in [0, 0.05) is 13.6 Å². The third-order valence-electron chi connectivity index (χ3n) is 2.55. The number of carbonyl (C=O) groups is 1. The molecule has 7 heteroatoms. The van der Waals surface area contributed by atoms with E-state index in [0.29, 0.717) is 0 Å². The average molecular weight is 296 g/mol. The summed E-state index contributed by atoms with van der Waals surface area (Å²) in [5.41, 5.74) is 0.801. The van der Waals surface area contributed by atoms with Gasteiger partial charge in [-0.1, -0.05) is 36.3 Å². The van der Waals surface area contributed by atoms with Gasteiger partial charge in [0.1, 0.15) is 6.54 Å². The Morgan fingerprint density at radius 1 is 1.35 bits per heavy atom. The monoisotopic (exact) mass is 296 g/mol. The third-order valence-corrected chi connectivity index (χ3v) is 4.38. The third kappa shape index (κ3) is 4.35. The largest absolute Gasteiger partial charge is 0.480 e. The summed E-state index contributed by atoms with van der Waals surface area (Å²) >= 11 is 0. The second kappa shape index (κ2) is 7.05. The quantitative estimate of drug-likeness (QED) is 0.738. The molecule has 1 aromatic carbocycles. The summed E-state index contributed by atoms with van der Waals surface area (Å²) in [4.78, 5) is 10.7. The Hall–Kier alpha value is -1.88. The van der Waals surface area contributed by atoms with Crippen LogP contribution in [0.25, 0.3) is 0 Å². The molecular weight excluding hydrogens is 280 g/mol. The van der Waals surface area contributed by atoms with Gasteiger partial charge in [-0.05, 0) is 5.56 Å². The second-order valence-electron chi connectivity index (χ2n) is 4.12. The summed E-state index contributed by atoms with van der Waals surface area (Å²) in [5.74, 6) is 0.902. The zero-order chi connectivity index (χ0) is 15.2. The normalized spacial score (nSPS) is 11.5. The van der Waals surface area contributed by atoms with Crippen molar-refractivity contribution in [1.29, 1.82) is 0 Å². The molecule has 0 spiro atoms. The molecule has 0 radical (unpaired) electrons. The molecule has 0 aromatic heterocycles. The lowest BCUT2D eigenvalue weighted by atomic mass is 10.2. The van der Waals surface area contributed by atoms with Crippen molar-refractivity contribution < 1.29 is 18.3 Å². The Kier molecular flexibility index (Phi) is 5.70. The first-order valence-corrected chi connectivity index (χ1v) is 7.18. The van der Waals surface area contributed by atoms with Crippen LogP contribution >= 0.6 is 0 Å². The average Bonchev–Trinajstić information content (AvgIpc) is 2.38. The van der Waals surface area contributed by atoms with Crippen LogP contribution in [-0.4, -0.2) is 48.2 Å². The molecule has 0 aliphatic rings. The van der Waals surface area contributed by atoms with Gasteiger partial charge in [0.25, 0.3) is 10.2 Å². The first-order chi connectivity index (χ1) is 9.37. The minimum Gasteiger partial charge on any atom is -0.480 e. The van der Waals surface area contributed by atoms with E-state index in [1.807, 2.05) is 6.07 Å². The maximum Gasteiger partial charge on any atom is 0.318 e. The fraction of sp³-hybridized carbons (Fsp3) is 0.308. The lowest BCUT2D eigenvalue weighted by molar-refractivity contribution is -0.137. The van der Waals surface area contributed by atoms with Crippen molar-refractivity contribution in [2.75, 3.05) is 20.1 Å². The number of hydrogen-bond donors (Lipinski definition) is 1. The molecule has 0 fully saturated rings. The topological polar surface area (TPSA) is 77.9 Å². The predicted octanol–water partition coefficient (Wildman–Crippen LogP) is 0.383. The van der Waals surface area contributed by atoms with E-state index in [2.05, 4.69) is 5.92 Å². The van der Waals surface area contributed by atoms with Crippen LogP contribution in [0.5, 0.6) is 0 Å². The van der Waals surface area contributed by atoms with Gasteiger partial charge in [0.15, 0.2) is 0 Å². The number of benzene rings is 1. The lowest BCUT2D eigenvalue weighted by Crippen LogP contribution is -2.44. The first kappa shape index (κ1) is 16.2. The van der Waals surface area contributed by atoms with Crippen molar-refractivity contribution in [3.8, 4) is 12.3 Å². The number of carboxylic acids is 1. The predicted molar refractivity (Wildman–Crippen MR) is 74.9 cm³/mol. The molecule has 0 heterocycles. The van der Waals surface area contributed by atoms with Crippen LogP contribution in [0.2, 0.25) is 0 Å². The first-order valence-electron chi connectivity index (χ1n) is 5.78. The van der Waals surface area contributed by atoms with E-state index in [1.165, 1.54) is 7.05 Å². The van der Waals surface area contributed by atoms with Gasteiger partial charge in [-0.25, -0.2) is 0 Å². The summed E-state index contributed by atoms with van der Waals surface area (Å²) in [7, 11) is -2.53. The number of nitrogens with zero attached hydrogens (tertiary/aromatic N) is 2. The van der Waals surface area contributed by atoms with E-state index < -0.39 is 22.7 Å². The molecule has 1 aromatic rings. The highest BCUT2D eigenvalue weighted by Gasteiger charge is 2.28. The Morgan fingerprint density at radius 2 is 1.95 bits per heavy atom. The van der Waals surface area contributed by atoms with Crippen LogP contribution in [0.15, 0.2) is 30.3 Å². The summed E-state index contributed by atoms with van der Waals surface area (Å²) < 4.78 is 26.3. The number of aliphatic carboxylic acids is 1. The van der Waals surface area contributed by atoms with Crippen LogP contribution in [0.1, 0.15) is 5.56 Å². The summed E-state index contributed by atoms with van der Waals surface area (Å²) in [6, 6.07) is 9.00. The Balaban J connectivity index is 2.89. The summed E-state index contributed by atoms with van der Waals surface area (Å²) in [6.45, 7) is -0.802. The molecule has 1 rings (SSSR count). The van der Waals surface area contributed by atoms with E-state index in [-0.39, 0.29) is 13.1 Å². The highest BCUT2D eigenvalue weighted by molar-refractivity contribution is 7.86. The van der Waals surface area contributed by atoms with E-state index >= 15 is 0 Å². The van der Waals surface area contributed by atoms with E-state index in [0.717, 1.165) is 14.2 Å². The molecule has 108 valence electrons. The van der Waals surface area contributed by atoms with Crippen LogP contribution in [0.4, 0.5) is 0 Å². The van der Waals surface area contributed by atoms with Crippen molar-refractivity contribution in [3.63, 3.8) is 0 Å². The van der Waals surface area contributed by atoms with Crippen molar-refractivity contribution in [3.05, 3.63) is 35.9 Å². The Labute approximate surface area is 118 Å². The second-order valence-corrected chi connectivity index (χ2v) is 6.15. The van der Waals surface area contributed by atoms with Gasteiger partial charge < -0.3 is 5.11 Å². The Morgan fingerprint density at radius 3 is 2.45 bits per heavy atom. The fourth-order valence-corrected chi connectivity index (χ4v) is 2.81. The summed E-state index contributed by atoms with van der Waals surface area (Å²) in [5, 5.41) is 8.75. The maximum atomic E-state index is 12.3. The number of hydrogen-bond acceptors (Lipinski definition) is 3. The number of carboxylic acid groups (broad SMARTS) is 1. The van der Waals surface area contributed by atoms with Gasteiger partial charge in [-0.2, -0.15) is 17.0 Å². The zero-order valence-electron chi connectivity index (χ0n) is 11.1. The van der Waals surface area contributed by atoms with Crippen LogP contribution in [-0.2, 0) is 21.5 Å². The van der Waals surface area contributed by atoms with E-state index in [4.69, 9.17) is 11.5 Å². The molecule has 6 nitrogen and oxygen atoms in total. The van der Waals surface area contributed by atoms with E-state index in [1.54, 1.807) is 24.3 Å². The van der Waals surface area contributed by atoms with Gasteiger partial charge in [0.2, 0.25) is 0 Å². The van der Waals surface area contributed by atoms with Gasteiger partial charge in [-0.3, -0.25) is 4.79 Å². The molecule has 0 bridgehead atoms. The standard InChI is InChI=1S/C13H16N2O4S/c1-3-9-15(11-13(16)17)20(18,19)14(2)10-12-7-5-4-6-8-12/h1,4-8H,9-11H2,2H3,(H,16,17). The summed E-state index contributed by atoms with van der Waals surface area (Å²) in [6.07, 6.45) is 5.09. The fourth-order valence-electron chi connectivity index (χ4n) is 1.59. The molecular formula is C13H16N2O4S. The van der Waals surface area contributed by atoms with Gasteiger partial charge in [0.05, 0.1) is 6.54 Å². The highest BCUT2D eigenvalue weighted by Crippen LogP contribution is 2.11. The van der Waals surface area contributed by atoms with Crippen LogP contribution in [0, 0.1) is 12.3 Å². The molecule has 1 N–H and O–H groups in total. The van der Waals surface area contributed by atoms with E-state index in [9.17, 15) is 13.2 Å². The molecule has 0 atom stereocenters. The van der Waals surface area contributed by atoms with Gasteiger partial charge in [-0.15, -0.1) is 6.42 Å². The van der Waals surface area contributed by atoms with Crippen LogP contribution < -0.4 is 0 Å². The molecule has 0 aliphatic carbocycles. The van der Waals surface area contributed by atoms with Crippen molar-refractivity contribution in [2.24, 2.45) is 0 Å².